The van der Waals surface area contributed by atoms with Gasteiger partial charge in [-0.05, 0) is 18.4 Å². The molecule has 2 fully saturated rings. The summed E-state index contributed by atoms with van der Waals surface area (Å²) >= 11 is 0. The first-order chi connectivity index (χ1) is 8.25. The van der Waals surface area contributed by atoms with Crippen molar-refractivity contribution in [3.63, 3.8) is 0 Å². The number of hydrogen-bond acceptors (Lipinski definition) is 2. The minimum atomic E-state index is -0.315. The van der Waals surface area contributed by atoms with Gasteiger partial charge in [0.2, 0.25) is 5.91 Å². The predicted molar refractivity (Wildman–Crippen MR) is 64.5 cm³/mol. The normalized spacial score (nSPS) is 32.6. The molecule has 2 aliphatic heterocycles. The van der Waals surface area contributed by atoms with Crippen molar-refractivity contribution in [2.45, 2.75) is 37.3 Å². The molecule has 0 bridgehead atoms. The lowest BCUT2D eigenvalue weighted by molar-refractivity contribution is -0.131. The summed E-state index contributed by atoms with van der Waals surface area (Å²) < 4.78 is 0. The summed E-state index contributed by atoms with van der Waals surface area (Å²) in [6, 6.07) is 10.3. The fourth-order valence-electron chi connectivity index (χ4n) is 3.09. The maximum Gasteiger partial charge on any atom is 0.222 e. The first-order valence-corrected chi connectivity index (χ1v) is 6.28. The van der Waals surface area contributed by atoms with Gasteiger partial charge in [0.25, 0.3) is 0 Å². The number of aliphatic hydroxyl groups excluding tert-OH is 1. The van der Waals surface area contributed by atoms with Crippen LogP contribution in [-0.2, 0) is 4.79 Å². The summed E-state index contributed by atoms with van der Waals surface area (Å²) in [6.07, 6.45) is 1.98. The van der Waals surface area contributed by atoms with Crippen molar-refractivity contribution in [1.82, 2.24) is 4.90 Å². The van der Waals surface area contributed by atoms with Gasteiger partial charge in [0.05, 0.1) is 6.10 Å². The number of amides is 1. The fraction of sp³-hybridized carbons (Fsp3) is 0.500. The maximum atomic E-state index is 11.7. The Hall–Kier alpha value is -1.35. The minimum Gasteiger partial charge on any atom is -0.392 e. The Labute approximate surface area is 101 Å². The zero-order valence-electron chi connectivity index (χ0n) is 9.75. The van der Waals surface area contributed by atoms with Crippen molar-refractivity contribution >= 4 is 5.91 Å². The number of carbonyl (C=O) groups is 1. The fourth-order valence-corrected chi connectivity index (χ4v) is 3.09. The van der Waals surface area contributed by atoms with E-state index < -0.39 is 0 Å². The molecule has 0 aliphatic carbocycles. The summed E-state index contributed by atoms with van der Waals surface area (Å²) in [7, 11) is 0. The molecular weight excluding hydrogens is 214 g/mol. The van der Waals surface area contributed by atoms with E-state index in [0.717, 1.165) is 18.4 Å². The molecule has 90 valence electrons. The first kappa shape index (κ1) is 10.8. The average Bonchev–Trinajstić information content (AvgIpc) is 2.70. The molecule has 0 spiro atoms. The molecule has 2 heterocycles. The highest BCUT2D eigenvalue weighted by molar-refractivity contribution is 5.79. The van der Waals surface area contributed by atoms with Crippen LogP contribution in [0.3, 0.4) is 0 Å². The van der Waals surface area contributed by atoms with E-state index in [1.807, 2.05) is 35.2 Å². The van der Waals surface area contributed by atoms with Crippen LogP contribution in [0.1, 0.15) is 30.7 Å². The van der Waals surface area contributed by atoms with Gasteiger partial charge < -0.3 is 10.0 Å². The Balaban J connectivity index is 1.84. The number of rotatable bonds is 1. The van der Waals surface area contributed by atoms with Crippen LogP contribution < -0.4 is 0 Å². The third-order valence-corrected chi connectivity index (χ3v) is 4.05. The molecule has 0 unspecified atom stereocenters. The van der Waals surface area contributed by atoms with Crippen molar-refractivity contribution < 1.29 is 9.90 Å². The Kier molecular flexibility index (Phi) is 2.63. The van der Waals surface area contributed by atoms with E-state index in [2.05, 4.69) is 0 Å². The molecule has 1 N–H and O–H groups in total. The van der Waals surface area contributed by atoms with Crippen LogP contribution in [0.25, 0.3) is 0 Å². The van der Waals surface area contributed by atoms with Gasteiger partial charge in [0.1, 0.15) is 0 Å². The van der Waals surface area contributed by atoms with Crippen LogP contribution in [0.15, 0.2) is 30.3 Å². The van der Waals surface area contributed by atoms with Crippen LogP contribution in [0.2, 0.25) is 0 Å². The molecule has 0 aromatic heterocycles. The topological polar surface area (TPSA) is 40.5 Å². The molecule has 0 saturated carbocycles. The molecule has 1 aromatic carbocycles. The van der Waals surface area contributed by atoms with E-state index >= 15 is 0 Å². The Morgan fingerprint density at radius 3 is 2.76 bits per heavy atom. The predicted octanol–water partition coefficient (Wildman–Crippen LogP) is 1.53. The second-order valence-electron chi connectivity index (χ2n) is 5.06. The molecule has 1 aromatic rings. The van der Waals surface area contributed by atoms with Gasteiger partial charge in [-0.1, -0.05) is 30.3 Å². The molecule has 2 aliphatic rings. The Morgan fingerprint density at radius 2 is 2.00 bits per heavy atom. The highest BCUT2D eigenvalue weighted by atomic mass is 16.3. The summed E-state index contributed by atoms with van der Waals surface area (Å²) in [5, 5.41) is 10.2. The van der Waals surface area contributed by atoms with Crippen molar-refractivity contribution in [3.8, 4) is 0 Å². The quantitative estimate of drug-likeness (QED) is 0.796. The molecule has 3 heteroatoms. The SMILES string of the molecule is O=C1CC[C@@H]2C[C@H](O)[C@@H](c3ccccc3)CN12. The molecule has 2 saturated heterocycles. The molecule has 3 rings (SSSR count). The number of aliphatic hydroxyl groups is 1. The average molecular weight is 231 g/mol. The van der Waals surface area contributed by atoms with Gasteiger partial charge in [0, 0.05) is 24.9 Å². The van der Waals surface area contributed by atoms with Crippen LogP contribution in [0.5, 0.6) is 0 Å². The van der Waals surface area contributed by atoms with E-state index in [9.17, 15) is 9.90 Å². The highest BCUT2D eigenvalue weighted by Crippen LogP contribution is 2.35. The first-order valence-electron chi connectivity index (χ1n) is 6.28. The number of carbonyl (C=O) groups excluding carboxylic acids is 1. The van der Waals surface area contributed by atoms with E-state index in [0.29, 0.717) is 13.0 Å². The van der Waals surface area contributed by atoms with E-state index in [4.69, 9.17) is 0 Å². The van der Waals surface area contributed by atoms with Gasteiger partial charge in [-0.25, -0.2) is 0 Å². The van der Waals surface area contributed by atoms with Crippen molar-refractivity contribution in [3.05, 3.63) is 35.9 Å². The summed E-state index contributed by atoms with van der Waals surface area (Å²) in [4.78, 5) is 13.7. The monoisotopic (exact) mass is 231 g/mol. The number of piperidine rings is 1. The van der Waals surface area contributed by atoms with Gasteiger partial charge in [-0.3, -0.25) is 4.79 Å². The van der Waals surface area contributed by atoms with E-state index in [-0.39, 0.29) is 24.0 Å². The lowest BCUT2D eigenvalue weighted by Crippen LogP contribution is -2.46. The van der Waals surface area contributed by atoms with Crippen LogP contribution in [-0.4, -0.2) is 34.6 Å². The van der Waals surface area contributed by atoms with E-state index in [1.54, 1.807) is 0 Å². The van der Waals surface area contributed by atoms with Crippen LogP contribution in [0.4, 0.5) is 0 Å². The lowest BCUT2D eigenvalue weighted by Gasteiger charge is -2.38. The highest BCUT2D eigenvalue weighted by Gasteiger charge is 2.40. The summed E-state index contributed by atoms with van der Waals surface area (Å²) in [5.41, 5.74) is 1.14. The standard InChI is InChI=1S/C14H17NO2/c16-13-8-11-6-7-14(17)15(11)9-12(13)10-4-2-1-3-5-10/h1-5,11-13,16H,6-9H2/t11-,12-,13+/m1/s1. The molecule has 1 amide bonds. The van der Waals surface area contributed by atoms with Crippen molar-refractivity contribution in [1.29, 1.82) is 0 Å². The third-order valence-electron chi connectivity index (χ3n) is 4.05. The molecular formula is C14H17NO2. The smallest absolute Gasteiger partial charge is 0.222 e. The van der Waals surface area contributed by atoms with E-state index in [1.165, 1.54) is 0 Å². The van der Waals surface area contributed by atoms with Crippen LogP contribution >= 0.6 is 0 Å². The summed E-state index contributed by atoms with van der Waals surface area (Å²) in [6.45, 7) is 0.675. The second kappa shape index (κ2) is 4.15. The van der Waals surface area contributed by atoms with Crippen molar-refractivity contribution in [2.24, 2.45) is 0 Å². The molecule has 3 atom stereocenters. The molecule has 3 nitrogen and oxygen atoms in total. The maximum absolute atomic E-state index is 11.7. The Bertz CT molecular complexity index is 417. The number of nitrogens with zero attached hydrogens (tertiary/aromatic N) is 1. The minimum absolute atomic E-state index is 0.0782. The Morgan fingerprint density at radius 1 is 1.24 bits per heavy atom. The third kappa shape index (κ3) is 1.84. The molecule has 0 radical (unpaired) electrons. The van der Waals surface area contributed by atoms with Gasteiger partial charge in [0.15, 0.2) is 0 Å². The second-order valence-corrected chi connectivity index (χ2v) is 5.06. The number of benzene rings is 1. The van der Waals surface area contributed by atoms with Crippen molar-refractivity contribution in [2.75, 3.05) is 6.54 Å². The zero-order valence-corrected chi connectivity index (χ0v) is 9.75. The van der Waals surface area contributed by atoms with Gasteiger partial charge >= 0.3 is 0 Å². The van der Waals surface area contributed by atoms with Gasteiger partial charge in [-0.15, -0.1) is 0 Å². The lowest BCUT2D eigenvalue weighted by atomic mass is 9.85. The summed E-state index contributed by atoms with van der Waals surface area (Å²) in [5.74, 6) is 0.331. The number of fused-ring (bicyclic) bond motifs is 1. The van der Waals surface area contributed by atoms with Crippen LogP contribution in [0, 0.1) is 0 Å². The van der Waals surface area contributed by atoms with Gasteiger partial charge in [-0.2, -0.15) is 0 Å². The largest absolute Gasteiger partial charge is 0.392 e. The molecule has 17 heavy (non-hydrogen) atoms. The number of hydrogen-bond donors (Lipinski definition) is 1. The zero-order chi connectivity index (χ0) is 11.8.